The third-order valence-electron chi connectivity index (χ3n) is 4.76. The lowest BCUT2D eigenvalue weighted by Crippen LogP contribution is -2.47. The maximum absolute atomic E-state index is 13.2. The lowest BCUT2D eigenvalue weighted by Gasteiger charge is -2.29. The zero-order valence-corrected chi connectivity index (χ0v) is 16.7. The molecule has 1 saturated heterocycles. The zero-order valence-electron chi connectivity index (χ0n) is 15.1. The second kappa shape index (κ2) is 7.95. The first-order valence-electron chi connectivity index (χ1n) is 8.72. The molecule has 0 N–H and O–H groups in total. The molecule has 0 aliphatic carbocycles. The van der Waals surface area contributed by atoms with Gasteiger partial charge in [0.05, 0.1) is 24.3 Å². The predicted molar refractivity (Wildman–Crippen MR) is 105 cm³/mol. The Morgan fingerprint density at radius 3 is 2.43 bits per heavy atom. The van der Waals surface area contributed by atoms with Crippen molar-refractivity contribution in [2.24, 2.45) is 5.92 Å². The molecule has 142 valence electrons. The number of halogens is 1. The van der Waals surface area contributed by atoms with E-state index in [4.69, 9.17) is 4.74 Å². The Labute approximate surface area is 170 Å². The molecule has 2 aromatic carbocycles. The first kappa shape index (κ1) is 19.8. The molecular weight excluding hydrogens is 424 g/mol. The van der Waals surface area contributed by atoms with Crippen molar-refractivity contribution in [3.63, 3.8) is 0 Å². The molecule has 0 aromatic heterocycles. The van der Waals surface area contributed by atoms with Crippen LogP contribution in [0.2, 0.25) is 0 Å². The number of anilines is 1. The number of ether oxygens (including phenoxy) is 1. The van der Waals surface area contributed by atoms with Gasteiger partial charge in [0.1, 0.15) is 0 Å². The Morgan fingerprint density at radius 1 is 1.21 bits per heavy atom. The lowest BCUT2D eigenvalue weighted by atomic mass is 9.70. The molecule has 3 rings (SSSR count). The van der Waals surface area contributed by atoms with Gasteiger partial charge in [0.25, 0.3) is 0 Å². The van der Waals surface area contributed by atoms with Crippen molar-refractivity contribution < 1.29 is 19.1 Å². The second-order valence-electron chi connectivity index (χ2n) is 6.31. The number of esters is 1. The van der Waals surface area contributed by atoms with Crippen molar-refractivity contribution >= 4 is 39.4 Å². The number of hydrogen-bond donors (Lipinski definition) is 0. The van der Waals surface area contributed by atoms with Gasteiger partial charge in [-0.05, 0) is 36.8 Å². The van der Waals surface area contributed by atoms with Crippen LogP contribution in [-0.4, -0.2) is 24.4 Å². The van der Waals surface area contributed by atoms with E-state index in [1.165, 1.54) is 0 Å². The molecule has 1 aliphatic heterocycles. The summed E-state index contributed by atoms with van der Waals surface area (Å²) >= 11 is 3.32. The van der Waals surface area contributed by atoms with Gasteiger partial charge in [-0.15, -0.1) is 0 Å². The van der Waals surface area contributed by atoms with Gasteiger partial charge in [0.15, 0.2) is 5.41 Å². The number of carbonyl (C=O) groups is 3. The third-order valence-corrected chi connectivity index (χ3v) is 5.29. The van der Waals surface area contributed by atoms with E-state index < -0.39 is 29.1 Å². The normalized spacial score (nSPS) is 18.5. The quantitative estimate of drug-likeness (QED) is 0.525. The molecule has 28 heavy (non-hydrogen) atoms. The molecule has 2 atom stereocenters. The standard InChI is InChI=1S/C21H17BrN2O4/c1-2-28-20(27)21(13-23,14-8-10-15(22)11-9-14)17-12-18(25)24(19(17)26)16-6-4-3-5-7-16/h3-11,17H,2,12H2,1H3/t17-,21+/m1/s1. The highest BCUT2D eigenvalue weighted by molar-refractivity contribution is 9.10. The summed E-state index contributed by atoms with van der Waals surface area (Å²) < 4.78 is 5.92. The van der Waals surface area contributed by atoms with E-state index in [1.807, 2.05) is 6.07 Å². The molecule has 0 spiro atoms. The Hall–Kier alpha value is -2.98. The van der Waals surface area contributed by atoms with E-state index >= 15 is 0 Å². The average molecular weight is 441 g/mol. The van der Waals surface area contributed by atoms with Gasteiger partial charge in [0.2, 0.25) is 11.8 Å². The molecule has 0 saturated carbocycles. The van der Waals surface area contributed by atoms with Gasteiger partial charge in [-0.1, -0.05) is 46.3 Å². The summed E-state index contributed by atoms with van der Waals surface area (Å²) in [5, 5.41) is 10.1. The van der Waals surface area contributed by atoms with Crippen LogP contribution in [0.5, 0.6) is 0 Å². The number of para-hydroxylation sites is 1. The van der Waals surface area contributed by atoms with E-state index in [9.17, 15) is 19.6 Å². The van der Waals surface area contributed by atoms with Crippen LogP contribution >= 0.6 is 15.9 Å². The van der Waals surface area contributed by atoms with Crippen LogP contribution in [0.25, 0.3) is 0 Å². The van der Waals surface area contributed by atoms with Crippen molar-refractivity contribution in [3.8, 4) is 6.07 Å². The lowest BCUT2D eigenvalue weighted by molar-refractivity contribution is -0.151. The number of nitriles is 1. The first-order chi connectivity index (χ1) is 13.5. The van der Waals surface area contributed by atoms with Gasteiger partial charge in [-0.25, -0.2) is 4.79 Å². The molecule has 2 aromatic rings. The van der Waals surface area contributed by atoms with Crippen LogP contribution in [0.3, 0.4) is 0 Å². The topological polar surface area (TPSA) is 87.5 Å². The van der Waals surface area contributed by atoms with Crippen LogP contribution < -0.4 is 4.90 Å². The highest BCUT2D eigenvalue weighted by atomic mass is 79.9. The minimum Gasteiger partial charge on any atom is -0.465 e. The number of nitrogens with zero attached hydrogens (tertiary/aromatic N) is 2. The summed E-state index contributed by atoms with van der Waals surface area (Å²) in [6.07, 6.45) is -0.254. The summed E-state index contributed by atoms with van der Waals surface area (Å²) in [5.74, 6) is -3.05. The highest BCUT2D eigenvalue weighted by Crippen LogP contribution is 2.42. The molecule has 1 aliphatic rings. The summed E-state index contributed by atoms with van der Waals surface area (Å²) in [5.41, 5.74) is -1.18. The fraction of sp³-hybridized carbons (Fsp3) is 0.238. The largest absolute Gasteiger partial charge is 0.465 e. The minimum atomic E-state index is -1.91. The minimum absolute atomic E-state index is 0.0516. The van der Waals surface area contributed by atoms with Gasteiger partial charge in [-0.3, -0.25) is 14.5 Å². The Balaban J connectivity index is 2.12. The van der Waals surface area contributed by atoms with Crippen molar-refractivity contribution in [2.75, 3.05) is 11.5 Å². The van der Waals surface area contributed by atoms with E-state index in [0.717, 1.165) is 9.37 Å². The maximum atomic E-state index is 13.2. The van der Waals surface area contributed by atoms with Gasteiger partial charge >= 0.3 is 5.97 Å². The van der Waals surface area contributed by atoms with Crippen LogP contribution in [0.15, 0.2) is 59.1 Å². The van der Waals surface area contributed by atoms with Crippen molar-refractivity contribution in [1.82, 2.24) is 0 Å². The van der Waals surface area contributed by atoms with Crippen molar-refractivity contribution in [1.29, 1.82) is 5.26 Å². The fourth-order valence-corrected chi connectivity index (χ4v) is 3.69. The summed E-state index contributed by atoms with van der Waals surface area (Å²) in [7, 11) is 0. The van der Waals surface area contributed by atoms with Crippen LogP contribution in [0.1, 0.15) is 18.9 Å². The number of carbonyl (C=O) groups excluding carboxylic acids is 3. The molecule has 0 bridgehead atoms. The second-order valence-corrected chi connectivity index (χ2v) is 7.22. The van der Waals surface area contributed by atoms with Crippen molar-refractivity contribution in [2.45, 2.75) is 18.8 Å². The number of rotatable bonds is 5. The molecule has 0 radical (unpaired) electrons. The Bertz CT molecular complexity index is 953. The number of benzene rings is 2. The van der Waals surface area contributed by atoms with E-state index in [1.54, 1.807) is 61.5 Å². The predicted octanol–water partition coefficient (Wildman–Crippen LogP) is 3.35. The monoisotopic (exact) mass is 440 g/mol. The molecular formula is C21H17BrN2O4. The molecule has 0 unspecified atom stereocenters. The van der Waals surface area contributed by atoms with Gasteiger partial charge in [0, 0.05) is 10.9 Å². The SMILES string of the molecule is CCOC(=O)[C@@](C#N)(c1ccc(Br)cc1)[C@@H]1CC(=O)N(c2ccccc2)C1=O. The first-order valence-corrected chi connectivity index (χ1v) is 9.51. The number of amides is 2. The highest BCUT2D eigenvalue weighted by Gasteiger charge is 2.58. The summed E-state index contributed by atoms with van der Waals surface area (Å²) in [4.78, 5) is 39.8. The maximum Gasteiger partial charge on any atom is 0.331 e. The van der Waals surface area contributed by atoms with Crippen molar-refractivity contribution in [3.05, 3.63) is 64.6 Å². The average Bonchev–Trinajstić information content (AvgIpc) is 2.99. The Kier molecular flexibility index (Phi) is 5.61. The Morgan fingerprint density at radius 2 is 1.86 bits per heavy atom. The van der Waals surface area contributed by atoms with E-state index in [-0.39, 0.29) is 13.0 Å². The molecule has 7 heteroatoms. The molecule has 1 fully saturated rings. The third kappa shape index (κ3) is 3.20. The summed E-state index contributed by atoms with van der Waals surface area (Å²) in [6, 6.07) is 17.0. The molecule has 6 nitrogen and oxygen atoms in total. The molecule has 1 heterocycles. The fourth-order valence-electron chi connectivity index (χ4n) is 3.43. The van der Waals surface area contributed by atoms with Gasteiger partial charge < -0.3 is 4.74 Å². The van der Waals surface area contributed by atoms with E-state index in [2.05, 4.69) is 15.9 Å². The zero-order chi connectivity index (χ0) is 20.3. The number of hydrogen-bond acceptors (Lipinski definition) is 5. The van der Waals surface area contributed by atoms with Gasteiger partial charge in [-0.2, -0.15) is 5.26 Å². The summed E-state index contributed by atoms with van der Waals surface area (Å²) in [6.45, 7) is 1.68. The van der Waals surface area contributed by atoms with Crippen LogP contribution in [0.4, 0.5) is 5.69 Å². The number of imide groups is 1. The molecule has 2 amide bonds. The van der Waals surface area contributed by atoms with Crippen LogP contribution in [-0.2, 0) is 24.5 Å². The van der Waals surface area contributed by atoms with Crippen LogP contribution in [0, 0.1) is 17.2 Å². The van der Waals surface area contributed by atoms with E-state index in [0.29, 0.717) is 11.3 Å². The smallest absolute Gasteiger partial charge is 0.331 e.